The summed E-state index contributed by atoms with van der Waals surface area (Å²) in [5, 5.41) is 6.05. The van der Waals surface area contributed by atoms with E-state index in [0.29, 0.717) is 10.8 Å². The van der Waals surface area contributed by atoms with Crippen LogP contribution in [0.2, 0.25) is 0 Å². The van der Waals surface area contributed by atoms with Crippen molar-refractivity contribution in [3.63, 3.8) is 0 Å². The average molecular weight is 392 g/mol. The summed E-state index contributed by atoms with van der Waals surface area (Å²) in [6.45, 7) is 1.67. The maximum Gasteiger partial charge on any atom is 0.416 e. The molecule has 0 aliphatic heterocycles. The van der Waals surface area contributed by atoms with E-state index in [1.54, 1.807) is 18.5 Å². The Morgan fingerprint density at radius 3 is 2.70 bits per heavy atom. The van der Waals surface area contributed by atoms with Crippen molar-refractivity contribution in [3.8, 4) is 11.3 Å². The van der Waals surface area contributed by atoms with E-state index in [2.05, 4.69) is 20.6 Å². The van der Waals surface area contributed by atoms with E-state index >= 15 is 0 Å². The lowest BCUT2D eigenvalue weighted by atomic mass is 10.2. The van der Waals surface area contributed by atoms with Gasteiger partial charge in [0, 0.05) is 30.6 Å². The predicted octanol–water partition coefficient (Wildman–Crippen LogP) is 4.60. The monoisotopic (exact) mass is 392 g/mol. The normalized spacial score (nSPS) is 11.3. The molecular formula is C18H15F3N4OS. The van der Waals surface area contributed by atoms with Crippen LogP contribution in [-0.4, -0.2) is 15.9 Å². The van der Waals surface area contributed by atoms with Gasteiger partial charge in [-0.1, -0.05) is 17.4 Å². The summed E-state index contributed by atoms with van der Waals surface area (Å²) < 4.78 is 38.7. The molecule has 0 aliphatic rings. The second-order valence-corrected chi connectivity index (χ2v) is 6.73. The zero-order valence-corrected chi connectivity index (χ0v) is 15.0. The molecule has 2 aromatic heterocycles. The van der Waals surface area contributed by atoms with Gasteiger partial charge in [0.2, 0.25) is 5.91 Å². The molecule has 0 atom stereocenters. The number of aromatic nitrogens is 2. The number of thiazole rings is 1. The predicted molar refractivity (Wildman–Crippen MR) is 97.6 cm³/mol. The van der Waals surface area contributed by atoms with Gasteiger partial charge in [-0.05, 0) is 30.3 Å². The quantitative estimate of drug-likeness (QED) is 0.666. The van der Waals surface area contributed by atoms with Crippen LogP contribution in [0.4, 0.5) is 24.0 Å². The van der Waals surface area contributed by atoms with E-state index in [-0.39, 0.29) is 18.1 Å². The van der Waals surface area contributed by atoms with Gasteiger partial charge in [0.15, 0.2) is 5.13 Å². The van der Waals surface area contributed by atoms with Crippen LogP contribution in [0.15, 0.2) is 48.8 Å². The lowest BCUT2D eigenvalue weighted by Gasteiger charge is -2.08. The van der Waals surface area contributed by atoms with Gasteiger partial charge in [-0.3, -0.25) is 9.78 Å². The number of anilines is 2. The summed E-state index contributed by atoms with van der Waals surface area (Å²) in [5.74, 6) is -0.187. The summed E-state index contributed by atoms with van der Waals surface area (Å²) in [5.41, 5.74) is 0.917. The Bertz CT molecular complexity index is 941. The molecule has 1 amide bonds. The van der Waals surface area contributed by atoms with E-state index in [1.807, 2.05) is 6.07 Å². The summed E-state index contributed by atoms with van der Waals surface area (Å²) in [7, 11) is 0. The number of amides is 1. The molecule has 0 saturated carbocycles. The molecule has 1 aromatic carbocycles. The number of halogens is 3. The number of rotatable bonds is 5. The summed E-state index contributed by atoms with van der Waals surface area (Å²) in [6, 6.07) is 8.49. The number of carbonyl (C=O) groups is 1. The van der Waals surface area contributed by atoms with Crippen LogP contribution in [0.1, 0.15) is 17.4 Å². The van der Waals surface area contributed by atoms with Gasteiger partial charge in [0.1, 0.15) is 0 Å². The van der Waals surface area contributed by atoms with E-state index in [1.165, 1.54) is 30.4 Å². The zero-order valence-electron chi connectivity index (χ0n) is 14.2. The minimum Gasteiger partial charge on any atom is -0.351 e. The molecule has 0 unspecified atom stereocenters. The Morgan fingerprint density at radius 1 is 1.22 bits per heavy atom. The van der Waals surface area contributed by atoms with Crippen molar-refractivity contribution >= 4 is 28.1 Å². The molecule has 2 N–H and O–H groups in total. The SMILES string of the molecule is CC(=O)NCc1sc(Nc2cccc(C(F)(F)F)c2)nc1-c1cccnc1. The van der Waals surface area contributed by atoms with Crippen molar-refractivity contribution in [2.75, 3.05) is 5.32 Å². The lowest BCUT2D eigenvalue weighted by Crippen LogP contribution is -2.18. The smallest absolute Gasteiger partial charge is 0.351 e. The highest BCUT2D eigenvalue weighted by molar-refractivity contribution is 7.16. The molecule has 0 spiro atoms. The van der Waals surface area contributed by atoms with Gasteiger partial charge in [-0.2, -0.15) is 13.2 Å². The Balaban J connectivity index is 1.91. The molecule has 140 valence electrons. The molecule has 27 heavy (non-hydrogen) atoms. The highest BCUT2D eigenvalue weighted by Crippen LogP contribution is 2.34. The number of hydrogen-bond donors (Lipinski definition) is 2. The van der Waals surface area contributed by atoms with Crippen LogP contribution in [0.25, 0.3) is 11.3 Å². The molecule has 0 bridgehead atoms. The average Bonchev–Trinajstić information content (AvgIpc) is 3.03. The largest absolute Gasteiger partial charge is 0.416 e. The molecule has 2 heterocycles. The molecule has 5 nitrogen and oxygen atoms in total. The van der Waals surface area contributed by atoms with Crippen LogP contribution < -0.4 is 10.6 Å². The van der Waals surface area contributed by atoms with Crippen molar-refractivity contribution < 1.29 is 18.0 Å². The molecule has 0 saturated heterocycles. The first-order valence-corrected chi connectivity index (χ1v) is 8.73. The van der Waals surface area contributed by atoms with Crippen LogP contribution in [0, 0.1) is 0 Å². The van der Waals surface area contributed by atoms with Gasteiger partial charge < -0.3 is 10.6 Å². The highest BCUT2D eigenvalue weighted by Gasteiger charge is 2.30. The lowest BCUT2D eigenvalue weighted by molar-refractivity contribution is -0.137. The molecule has 3 aromatic rings. The van der Waals surface area contributed by atoms with Gasteiger partial charge >= 0.3 is 6.18 Å². The van der Waals surface area contributed by atoms with Gasteiger partial charge in [-0.25, -0.2) is 4.98 Å². The third kappa shape index (κ3) is 4.82. The summed E-state index contributed by atoms with van der Waals surface area (Å²) in [6.07, 6.45) is -1.15. The summed E-state index contributed by atoms with van der Waals surface area (Å²) >= 11 is 1.26. The number of nitrogens with zero attached hydrogens (tertiary/aromatic N) is 2. The molecule has 9 heteroatoms. The number of pyridine rings is 1. The first kappa shape index (κ1) is 18.8. The van der Waals surface area contributed by atoms with Crippen LogP contribution in [-0.2, 0) is 17.5 Å². The van der Waals surface area contributed by atoms with Crippen molar-refractivity contribution in [2.45, 2.75) is 19.6 Å². The molecule has 3 rings (SSSR count). The fourth-order valence-corrected chi connectivity index (χ4v) is 3.30. The minimum absolute atomic E-state index is 0.187. The second kappa shape index (κ2) is 7.75. The number of hydrogen-bond acceptors (Lipinski definition) is 5. The first-order valence-electron chi connectivity index (χ1n) is 7.92. The number of alkyl halides is 3. The molecular weight excluding hydrogens is 377 g/mol. The maximum absolute atomic E-state index is 12.9. The Kier molecular flexibility index (Phi) is 5.41. The van der Waals surface area contributed by atoms with Crippen LogP contribution in [0.5, 0.6) is 0 Å². The zero-order chi connectivity index (χ0) is 19.4. The molecule has 0 radical (unpaired) electrons. The van der Waals surface area contributed by atoms with E-state index in [4.69, 9.17) is 0 Å². The fourth-order valence-electron chi connectivity index (χ4n) is 2.35. The molecule has 0 aliphatic carbocycles. The van der Waals surface area contributed by atoms with E-state index in [9.17, 15) is 18.0 Å². The molecule has 0 fully saturated rings. The van der Waals surface area contributed by atoms with Crippen LogP contribution in [0.3, 0.4) is 0 Å². The van der Waals surface area contributed by atoms with Gasteiger partial charge in [-0.15, -0.1) is 0 Å². The third-order valence-corrected chi connectivity index (χ3v) is 4.54. The second-order valence-electron chi connectivity index (χ2n) is 5.65. The number of nitrogens with one attached hydrogen (secondary N) is 2. The Labute approximate surface area is 157 Å². The van der Waals surface area contributed by atoms with Crippen LogP contribution >= 0.6 is 11.3 Å². The third-order valence-electron chi connectivity index (χ3n) is 3.57. The Morgan fingerprint density at radius 2 is 2.04 bits per heavy atom. The van der Waals surface area contributed by atoms with Crippen molar-refractivity contribution in [1.82, 2.24) is 15.3 Å². The van der Waals surface area contributed by atoms with Crippen molar-refractivity contribution in [2.24, 2.45) is 0 Å². The summed E-state index contributed by atoms with van der Waals surface area (Å²) in [4.78, 5) is 20.5. The van der Waals surface area contributed by atoms with E-state index in [0.717, 1.165) is 22.6 Å². The standard InChI is InChI=1S/C18H15F3N4OS/c1-11(26)23-10-15-16(12-4-3-7-22-9-12)25-17(27-15)24-14-6-2-5-13(8-14)18(19,20)21/h2-9H,10H2,1H3,(H,23,26)(H,24,25). The van der Waals surface area contributed by atoms with E-state index < -0.39 is 11.7 Å². The fraction of sp³-hybridized carbons (Fsp3) is 0.167. The first-order chi connectivity index (χ1) is 12.8. The van der Waals surface area contributed by atoms with Gasteiger partial charge in [0.25, 0.3) is 0 Å². The minimum atomic E-state index is -4.42. The maximum atomic E-state index is 12.9. The van der Waals surface area contributed by atoms with Crippen molar-refractivity contribution in [1.29, 1.82) is 0 Å². The number of carbonyl (C=O) groups excluding carboxylic acids is 1. The van der Waals surface area contributed by atoms with Crippen molar-refractivity contribution in [3.05, 3.63) is 59.2 Å². The Hall–Kier alpha value is -2.94. The highest BCUT2D eigenvalue weighted by atomic mass is 32.1. The topological polar surface area (TPSA) is 66.9 Å². The van der Waals surface area contributed by atoms with Gasteiger partial charge in [0.05, 0.1) is 22.7 Å². The number of benzene rings is 1.